The standard InChI is InChI=1S/C17H30N4/c1-5-15-10-17(20-14(4)19-15)21-9-7-6-8-16(21)12-18-11-13(2)3/h10,13,16,18H,5-9,11-12H2,1-4H3. The van der Waals surface area contributed by atoms with Crippen LogP contribution in [0.3, 0.4) is 0 Å². The molecule has 4 heteroatoms. The fraction of sp³-hybridized carbons (Fsp3) is 0.765. The van der Waals surface area contributed by atoms with Crippen LogP contribution in [0.1, 0.15) is 51.6 Å². The molecule has 0 amide bonds. The molecular weight excluding hydrogens is 260 g/mol. The number of rotatable bonds is 6. The van der Waals surface area contributed by atoms with E-state index in [1.807, 2.05) is 6.92 Å². The summed E-state index contributed by atoms with van der Waals surface area (Å²) < 4.78 is 0. The number of anilines is 1. The van der Waals surface area contributed by atoms with Crippen LogP contribution < -0.4 is 10.2 Å². The highest BCUT2D eigenvalue weighted by molar-refractivity contribution is 5.42. The second kappa shape index (κ2) is 7.74. The third kappa shape index (κ3) is 4.67. The average Bonchev–Trinajstić information content (AvgIpc) is 2.46. The fourth-order valence-corrected chi connectivity index (χ4v) is 2.99. The lowest BCUT2D eigenvalue weighted by molar-refractivity contribution is 0.420. The molecule has 1 aliphatic heterocycles. The van der Waals surface area contributed by atoms with Crippen molar-refractivity contribution < 1.29 is 0 Å². The first-order valence-electron chi connectivity index (χ1n) is 8.42. The van der Waals surface area contributed by atoms with Gasteiger partial charge in [-0.3, -0.25) is 0 Å². The van der Waals surface area contributed by atoms with Crippen molar-refractivity contribution in [2.45, 2.75) is 59.4 Å². The minimum absolute atomic E-state index is 0.566. The SMILES string of the molecule is CCc1cc(N2CCCCC2CNCC(C)C)nc(C)n1. The molecule has 1 N–H and O–H groups in total. The van der Waals surface area contributed by atoms with Crippen LogP contribution >= 0.6 is 0 Å². The minimum atomic E-state index is 0.566. The smallest absolute Gasteiger partial charge is 0.132 e. The largest absolute Gasteiger partial charge is 0.352 e. The molecule has 1 aliphatic rings. The molecule has 1 atom stereocenters. The predicted molar refractivity (Wildman–Crippen MR) is 88.8 cm³/mol. The van der Waals surface area contributed by atoms with Crippen molar-refractivity contribution in [3.8, 4) is 0 Å². The molecule has 1 unspecified atom stereocenters. The molecule has 21 heavy (non-hydrogen) atoms. The minimum Gasteiger partial charge on any atom is -0.352 e. The summed E-state index contributed by atoms with van der Waals surface area (Å²) in [5.41, 5.74) is 1.15. The van der Waals surface area contributed by atoms with Crippen molar-refractivity contribution in [1.29, 1.82) is 0 Å². The van der Waals surface area contributed by atoms with Crippen LogP contribution in [-0.4, -0.2) is 35.6 Å². The van der Waals surface area contributed by atoms with Crippen LogP contribution in [-0.2, 0) is 6.42 Å². The van der Waals surface area contributed by atoms with Crippen molar-refractivity contribution in [3.05, 3.63) is 17.6 Å². The highest BCUT2D eigenvalue weighted by Crippen LogP contribution is 2.23. The molecule has 4 nitrogen and oxygen atoms in total. The molecule has 0 aliphatic carbocycles. The molecule has 2 heterocycles. The number of aryl methyl sites for hydroxylation is 2. The van der Waals surface area contributed by atoms with Gasteiger partial charge in [0, 0.05) is 30.9 Å². The van der Waals surface area contributed by atoms with Gasteiger partial charge in [0.05, 0.1) is 0 Å². The van der Waals surface area contributed by atoms with Gasteiger partial charge >= 0.3 is 0 Å². The van der Waals surface area contributed by atoms with E-state index >= 15 is 0 Å². The van der Waals surface area contributed by atoms with Crippen molar-refractivity contribution in [2.24, 2.45) is 5.92 Å². The quantitative estimate of drug-likeness (QED) is 0.874. The van der Waals surface area contributed by atoms with Crippen LogP contribution in [0, 0.1) is 12.8 Å². The molecule has 0 bridgehead atoms. The Morgan fingerprint density at radius 2 is 2.14 bits per heavy atom. The molecule has 0 spiro atoms. The summed E-state index contributed by atoms with van der Waals surface area (Å²) in [5, 5.41) is 3.61. The van der Waals surface area contributed by atoms with Gasteiger partial charge in [-0.25, -0.2) is 9.97 Å². The first-order valence-corrected chi connectivity index (χ1v) is 8.42. The maximum atomic E-state index is 4.69. The topological polar surface area (TPSA) is 41.0 Å². The Morgan fingerprint density at radius 3 is 2.86 bits per heavy atom. The van der Waals surface area contributed by atoms with E-state index in [2.05, 4.69) is 47.0 Å². The van der Waals surface area contributed by atoms with E-state index in [0.717, 1.165) is 43.4 Å². The van der Waals surface area contributed by atoms with Gasteiger partial charge < -0.3 is 10.2 Å². The van der Waals surface area contributed by atoms with Gasteiger partial charge in [-0.2, -0.15) is 0 Å². The Balaban J connectivity index is 2.08. The number of aromatic nitrogens is 2. The Labute approximate surface area is 129 Å². The number of piperidine rings is 1. The maximum Gasteiger partial charge on any atom is 0.132 e. The zero-order valence-corrected chi connectivity index (χ0v) is 14.0. The Kier molecular flexibility index (Phi) is 5.97. The molecular formula is C17H30N4. The van der Waals surface area contributed by atoms with E-state index in [4.69, 9.17) is 0 Å². The zero-order valence-electron chi connectivity index (χ0n) is 14.0. The second-order valence-corrected chi connectivity index (χ2v) is 6.51. The summed E-state index contributed by atoms with van der Waals surface area (Å²) in [7, 11) is 0. The first-order chi connectivity index (χ1) is 10.1. The molecule has 0 aromatic carbocycles. The second-order valence-electron chi connectivity index (χ2n) is 6.51. The summed E-state index contributed by atoms with van der Waals surface area (Å²) >= 11 is 0. The number of hydrogen-bond acceptors (Lipinski definition) is 4. The number of nitrogens with zero attached hydrogens (tertiary/aromatic N) is 3. The summed E-state index contributed by atoms with van der Waals surface area (Å²) in [4.78, 5) is 11.7. The van der Waals surface area contributed by atoms with E-state index in [1.165, 1.54) is 19.3 Å². The number of nitrogens with one attached hydrogen (secondary N) is 1. The van der Waals surface area contributed by atoms with Crippen LogP contribution in [0.5, 0.6) is 0 Å². The highest BCUT2D eigenvalue weighted by atomic mass is 15.2. The highest BCUT2D eigenvalue weighted by Gasteiger charge is 2.23. The average molecular weight is 290 g/mol. The van der Waals surface area contributed by atoms with Gasteiger partial charge in [0.25, 0.3) is 0 Å². The fourth-order valence-electron chi connectivity index (χ4n) is 2.99. The van der Waals surface area contributed by atoms with Gasteiger partial charge in [-0.15, -0.1) is 0 Å². The number of hydrogen-bond donors (Lipinski definition) is 1. The Morgan fingerprint density at radius 1 is 1.33 bits per heavy atom. The van der Waals surface area contributed by atoms with Crippen LogP contribution in [0.2, 0.25) is 0 Å². The van der Waals surface area contributed by atoms with Crippen molar-refractivity contribution in [2.75, 3.05) is 24.5 Å². The van der Waals surface area contributed by atoms with Gasteiger partial charge in [0.15, 0.2) is 0 Å². The summed E-state index contributed by atoms with van der Waals surface area (Å²) in [5.74, 6) is 2.72. The monoisotopic (exact) mass is 290 g/mol. The van der Waals surface area contributed by atoms with E-state index in [0.29, 0.717) is 12.0 Å². The van der Waals surface area contributed by atoms with Crippen molar-refractivity contribution >= 4 is 5.82 Å². The van der Waals surface area contributed by atoms with E-state index < -0.39 is 0 Å². The summed E-state index contributed by atoms with van der Waals surface area (Å²) in [6, 6.07) is 2.74. The summed E-state index contributed by atoms with van der Waals surface area (Å²) in [6.07, 6.45) is 4.83. The van der Waals surface area contributed by atoms with Crippen LogP contribution in [0.25, 0.3) is 0 Å². The molecule has 0 radical (unpaired) electrons. The molecule has 0 saturated carbocycles. The maximum absolute atomic E-state index is 4.69. The van der Waals surface area contributed by atoms with Gasteiger partial charge in [0.2, 0.25) is 0 Å². The molecule has 1 fully saturated rings. The van der Waals surface area contributed by atoms with Gasteiger partial charge in [0.1, 0.15) is 11.6 Å². The normalized spacial score (nSPS) is 19.3. The Hall–Kier alpha value is -1.16. The van der Waals surface area contributed by atoms with Gasteiger partial charge in [-0.05, 0) is 45.1 Å². The molecule has 1 aromatic rings. The van der Waals surface area contributed by atoms with E-state index in [9.17, 15) is 0 Å². The van der Waals surface area contributed by atoms with Crippen LogP contribution in [0.15, 0.2) is 6.07 Å². The lowest BCUT2D eigenvalue weighted by Gasteiger charge is -2.37. The lowest BCUT2D eigenvalue weighted by atomic mass is 10.0. The van der Waals surface area contributed by atoms with E-state index in [-0.39, 0.29) is 0 Å². The van der Waals surface area contributed by atoms with Gasteiger partial charge in [-0.1, -0.05) is 20.8 Å². The predicted octanol–water partition coefficient (Wildman–Crippen LogP) is 2.95. The Bertz CT molecular complexity index is 444. The summed E-state index contributed by atoms with van der Waals surface area (Å²) in [6.45, 7) is 11.9. The van der Waals surface area contributed by atoms with Crippen molar-refractivity contribution in [1.82, 2.24) is 15.3 Å². The first kappa shape index (κ1) is 16.2. The zero-order chi connectivity index (χ0) is 15.2. The van der Waals surface area contributed by atoms with E-state index in [1.54, 1.807) is 0 Å². The molecule has 1 aromatic heterocycles. The lowest BCUT2D eigenvalue weighted by Crippen LogP contribution is -2.46. The third-order valence-corrected chi connectivity index (χ3v) is 4.09. The molecule has 1 saturated heterocycles. The molecule has 118 valence electrons. The van der Waals surface area contributed by atoms with Crippen molar-refractivity contribution in [3.63, 3.8) is 0 Å². The molecule has 2 rings (SSSR count). The van der Waals surface area contributed by atoms with Crippen LogP contribution in [0.4, 0.5) is 5.82 Å². The third-order valence-electron chi connectivity index (χ3n) is 4.09.